The van der Waals surface area contributed by atoms with E-state index in [1.54, 1.807) is 6.20 Å². The number of hydrogen-bond donors (Lipinski definition) is 1. The zero-order valence-corrected chi connectivity index (χ0v) is 10.7. The molecule has 0 aliphatic carbocycles. The van der Waals surface area contributed by atoms with Crippen LogP contribution in [0, 0.1) is 0 Å². The Morgan fingerprint density at radius 1 is 1.33 bits per heavy atom. The molecule has 0 saturated carbocycles. The lowest BCUT2D eigenvalue weighted by atomic mass is 10.4. The van der Waals surface area contributed by atoms with Gasteiger partial charge in [-0.3, -0.25) is 0 Å². The molecule has 0 saturated heterocycles. The molecule has 0 aromatic carbocycles. The van der Waals surface area contributed by atoms with Crippen LogP contribution in [0.25, 0.3) is 0 Å². The Morgan fingerprint density at radius 3 is 2.87 bits per heavy atom. The van der Waals surface area contributed by atoms with E-state index >= 15 is 0 Å². The number of nitrogens with one attached hydrogen (secondary N) is 1. The predicted octanol–water partition coefficient (Wildman–Crippen LogP) is 3.21. The molecule has 15 heavy (non-hydrogen) atoms. The molecule has 0 aliphatic rings. The molecule has 78 valence electrons. The molecule has 0 fully saturated rings. The van der Waals surface area contributed by atoms with Crippen LogP contribution in [0.1, 0.15) is 5.76 Å². The van der Waals surface area contributed by atoms with Gasteiger partial charge in [-0.25, -0.2) is 9.97 Å². The van der Waals surface area contributed by atoms with Crippen LogP contribution in [0.2, 0.25) is 0 Å². The summed E-state index contributed by atoms with van der Waals surface area (Å²) >= 11 is 6.59. The second kappa shape index (κ2) is 4.76. The molecule has 2 aromatic heterocycles. The Balaban J connectivity index is 2.02. The second-order valence-corrected chi connectivity index (χ2v) is 4.41. The van der Waals surface area contributed by atoms with E-state index < -0.39 is 0 Å². The summed E-state index contributed by atoms with van der Waals surface area (Å²) in [6.07, 6.45) is 3.18. The molecular weight excluding hydrogens is 326 g/mol. The highest BCUT2D eigenvalue weighted by Gasteiger charge is 2.02. The number of anilines is 1. The van der Waals surface area contributed by atoms with Crippen LogP contribution in [-0.2, 0) is 6.54 Å². The van der Waals surface area contributed by atoms with Gasteiger partial charge in [-0.1, -0.05) is 0 Å². The Kier molecular flexibility index (Phi) is 3.37. The van der Waals surface area contributed by atoms with Crippen molar-refractivity contribution in [3.63, 3.8) is 0 Å². The van der Waals surface area contributed by atoms with Gasteiger partial charge in [0.25, 0.3) is 0 Å². The number of aromatic nitrogens is 2. The van der Waals surface area contributed by atoms with Crippen LogP contribution >= 0.6 is 31.9 Å². The second-order valence-electron chi connectivity index (χ2n) is 2.78. The molecule has 0 bridgehead atoms. The van der Waals surface area contributed by atoms with E-state index in [1.165, 1.54) is 6.33 Å². The van der Waals surface area contributed by atoms with Gasteiger partial charge in [0, 0.05) is 6.20 Å². The maximum Gasteiger partial charge on any atom is 0.169 e. The third-order valence-corrected chi connectivity index (χ3v) is 2.73. The van der Waals surface area contributed by atoms with Crippen LogP contribution in [0.4, 0.5) is 5.82 Å². The van der Waals surface area contributed by atoms with E-state index in [-0.39, 0.29) is 0 Å². The smallest absolute Gasteiger partial charge is 0.169 e. The van der Waals surface area contributed by atoms with Gasteiger partial charge in [0.2, 0.25) is 0 Å². The predicted molar refractivity (Wildman–Crippen MR) is 63.5 cm³/mol. The lowest BCUT2D eigenvalue weighted by Gasteiger charge is -2.04. The zero-order chi connectivity index (χ0) is 10.7. The van der Waals surface area contributed by atoms with Crippen molar-refractivity contribution < 1.29 is 4.42 Å². The van der Waals surface area contributed by atoms with Gasteiger partial charge in [-0.2, -0.15) is 0 Å². The monoisotopic (exact) mass is 331 g/mol. The van der Waals surface area contributed by atoms with Crippen molar-refractivity contribution in [1.29, 1.82) is 0 Å². The molecule has 0 unspecified atom stereocenters. The average Bonchev–Trinajstić information content (AvgIpc) is 2.63. The van der Waals surface area contributed by atoms with Crippen molar-refractivity contribution >= 4 is 37.7 Å². The van der Waals surface area contributed by atoms with E-state index in [0.29, 0.717) is 6.54 Å². The minimum absolute atomic E-state index is 0.585. The van der Waals surface area contributed by atoms with E-state index in [0.717, 1.165) is 20.7 Å². The highest BCUT2D eigenvalue weighted by molar-refractivity contribution is 9.10. The number of rotatable bonds is 3. The summed E-state index contributed by atoms with van der Waals surface area (Å²) in [6.45, 7) is 0.585. The van der Waals surface area contributed by atoms with E-state index in [4.69, 9.17) is 4.42 Å². The van der Waals surface area contributed by atoms with Crippen molar-refractivity contribution in [2.75, 3.05) is 5.32 Å². The Labute approximate surface area is 103 Å². The quantitative estimate of drug-likeness (QED) is 0.937. The van der Waals surface area contributed by atoms with Crippen molar-refractivity contribution in [1.82, 2.24) is 9.97 Å². The molecule has 6 heteroatoms. The molecule has 0 aliphatic heterocycles. The zero-order valence-electron chi connectivity index (χ0n) is 7.58. The topological polar surface area (TPSA) is 51.0 Å². The van der Waals surface area contributed by atoms with Crippen LogP contribution in [0.15, 0.2) is 38.2 Å². The summed E-state index contributed by atoms with van der Waals surface area (Å²) in [7, 11) is 0. The van der Waals surface area contributed by atoms with E-state index in [1.807, 2.05) is 12.1 Å². The molecule has 1 N–H and O–H groups in total. The highest BCUT2D eigenvalue weighted by atomic mass is 79.9. The van der Waals surface area contributed by atoms with E-state index in [2.05, 4.69) is 47.1 Å². The van der Waals surface area contributed by atoms with E-state index in [9.17, 15) is 0 Å². The molecule has 0 radical (unpaired) electrons. The third-order valence-electron chi connectivity index (χ3n) is 1.73. The molecule has 2 rings (SSSR count). The van der Waals surface area contributed by atoms with Crippen molar-refractivity contribution in [2.45, 2.75) is 6.54 Å². The molecule has 4 nitrogen and oxygen atoms in total. The first-order chi connectivity index (χ1) is 7.25. The highest BCUT2D eigenvalue weighted by Crippen LogP contribution is 2.19. The van der Waals surface area contributed by atoms with Gasteiger partial charge < -0.3 is 9.73 Å². The fourth-order valence-corrected chi connectivity index (χ4v) is 1.76. The lowest BCUT2D eigenvalue weighted by Crippen LogP contribution is -2.01. The minimum atomic E-state index is 0.585. The van der Waals surface area contributed by atoms with Crippen LogP contribution < -0.4 is 5.32 Å². The molecule has 2 aromatic rings. The Hall–Kier alpha value is -0.880. The van der Waals surface area contributed by atoms with Gasteiger partial charge in [0.05, 0.1) is 11.0 Å². The summed E-state index contributed by atoms with van der Waals surface area (Å²) in [5, 5.41) is 3.13. The van der Waals surface area contributed by atoms with Crippen molar-refractivity contribution in [3.8, 4) is 0 Å². The molecular formula is C9H7Br2N3O. The largest absolute Gasteiger partial charge is 0.452 e. The fraction of sp³-hybridized carbons (Fsp3) is 0.111. The van der Waals surface area contributed by atoms with Gasteiger partial charge in [0.1, 0.15) is 17.9 Å². The molecule has 0 amide bonds. The van der Waals surface area contributed by atoms with Gasteiger partial charge >= 0.3 is 0 Å². The van der Waals surface area contributed by atoms with Crippen molar-refractivity contribution in [3.05, 3.63) is 39.6 Å². The summed E-state index contributed by atoms with van der Waals surface area (Å²) in [5.41, 5.74) is 0. The molecule has 2 heterocycles. The Bertz CT molecular complexity index is 458. The van der Waals surface area contributed by atoms with Gasteiger partial charge in [-0.05, 0) is 44.0 Å². The number of halogens is 2. The van der Waals surface area contributed by atoms with Gasteiger partial charge in [0.15, 0.2) is 4.67 Å². The summed E-state index contributed by atoms with van der Waals surface area (Å²) in [5.74, 6) is 1.59. The normalized spacial score (nSPS) is 10.3. The molecule has 0 atom stereocenters. The summed E-state index contributed by atoms with van der Waals surface area (Å²) in [6, 6.07) is 3.75. The summed E-state index contributed by atoms with van der Waals surface area (Å²) < 4.78 is 6.89. The first-order valence-corrected chi connectivity index (χ1v) is 5.78. The summed E-state index contributed by atoms with van der Waals surface area (Å²) in [4.78, 5) is 7.95. The lowest BCUT2D eigenvalue weighted by molar-refractivity contribution is 0.495. The van der Waals surface area contributed by atoms with Crippen LogP contribution in [-0.4, -0.2) is 9.97 Å². The number of nitrogens with zero attached hydrogens (tertiary/aromatic N) is 2. The van der Waals surface area contributed by atoms with Crippen molar-refractivity contribution in [2.24, 2.45) is 0 Å². The van der Waals surface area contributed by atoms with Crippen LogP contribution in [0.3, 0.4) is 0 Å². The third kappa shape index (κ3) is 2.79. The maximum atomic E-state index is 5.34. The first kappa shape index (κ1) is 10.6. The van der Waals surface area contributed by atoms with Gasteiger partial charge in [-0.15, -0.1) is 0 Å². The number of furan rings is 1. The maximum absolute atomic E-state index is 5.34. The average molecular weight is 333 g/mol. The standard InChI is InChI=1S/C9H7Br2N3O/c10-7-4-12-5-14-9(7)13-3-6-1-2-8(11)15-6/h1-2,4-5H,3H2,(H,12,13,14). The Morgan fingerprint density at radius 2 is 2.20 bits per heavy atom. The first-order valence-electron chi connectivity index (χ1n) is 4.19. The molecule has 0 spiro atoms. The van der Waals surface area contributed by atoms with Crippen LogP contribution in [0.5, 0.6) is 0 Å². The SMILES string of the molecule is Brc1ccc(CNc2ncncc2Br)o1. The minimum Gasteiger partial charge on any atom is -0.452 e. The fourth-order valence-electron chi connectivity index (χ4n) is 1.06. The number of hydrogen-bond acceptors (Lipinski definition) is 4.